The lowest BCUT2D eigenvalue weighted by atomic mass is 10.0. The molecule has 0 aliphatic carbocycles. The van der Waals surface area contributed by atoms with Gasteiger partial charge >= 0.3 is 0 Å². The van der Waals surface area contributed by atoms with Crippen molar-refractivity contribution in [2.24, 2.45) is 5.92 Å². The van der Waals surface area contributed by atoms with Crippen molar-refractivity contribution in [1.82, 2.24) is 10.2 Å². The van der Waals surface area contributed by atoms with Crippen LogP contribution < -0.4 is 5.32 Å². The lowest BCUT2D eigenvalue weighted by Gasteiger charge is -2.16. The van der Waals surface area contributed by atoms with E-state index in [9.17, 15) is 0 Å². The molecule has 1 unspecified atom stereocenters. The van der Waals surface area contributed by atoms with Crippen molar-refractivity contribution in [1.29, 1.82) is 0 Å². The number of hydrogen-bond donors (Lipinski definition) is 1. The number of rotatable bonds is 8. The molecule has 1 atom stereocenters. The van der Waals surface area contributed by atoms with Crippen molar-refractivity contribution in [3.63, 3.8) is 0 Å². The topological polar surface area (TPSA) is 15.3 Å². The maximum absolute atomic E-state index is 3.38. The van der Waals surface area contributed by atoms with Crippen LogP contribution in [0.1, 0.15) is 44.2 Å². The minimum absolute atomic E-state index is 0.944. The summed E-state index contributed by atoms with van der Waals surface area (Å²) in [6, 6.07) is 9.22. The van der Waals surface area contributed by atoms with Crippen LogP contribution in [0.4, 0.5) is 0 Å². The molecule has 1 aliphatic heterocycles. The van der Waals surface area contributed by atoms with Crippen molar-refractivity contribution < 1.29 is 0 Å². The molecule has 1 aromatic rings. The van der Waals surface area contributed by atoms with Crippen molar-refractivity contribution >= 4 is 0 Å². The maximum Gasteiger partial charge on any atom is 0.0233 e. The second-order valence-electron chi connectivity index (χ2n) is 6.10. The van der Waals surface area contributed by atoms with Crippen LogP contribution in [0.15, 0.2) is 24.3 Å². The Hall–Kier alpha value is -0.860. The Morgan fingerprint density at radius 3 is 2.60 bits per heavy atom. The van der Waals surface area contributed by atoms with Gasteiger partial charge in [-0.25, -0.2) is 0 Å². The summed E-state index contributed by atoms with van der Waals surface area (Å²) < 4.78 is 0. The summed E-state index contributed by atoms with van der Waals surface area (Å²) in [7, 11) is 0. The van der Waals surface area contributed by atoms with Gasteiger partial charge in [0, 0.05) is 13.1 Å². The van der Waals surface area contributed by atoms with Crippen LogP contribution in [0.5, 0.6) is 0 Å². The molecule has 2 heteroatoms. The van der Waals surface area contributed by atoms with E-state index in [0.717, 1.165) is 32.0 Å². The Labute approximate surface area is 124 Å². The van der Waals surface area contributed by atoms with Crippen molar-refractivity contribution in [3.8, 4) is 0 Å². The Balaban J connectivity index is 1.76. The van der Waals surface area contributed by atoms with E-state index in [4.69, 9.17) is 0 Å². The second-order valence-corrected chi connectivity index (χ2v) is 6.10. The van der Waals surface area contributed by atoms with E-state index in [2.05, 4.69) is 48.3 Å². The zero-order chi connectivity index (χ0) is 14.2. The van der Waals surface area contributed by atoms with E-state index < -0.39 is 0 Å². The third-order valence-electron chi connectivity index (χ3n) is 4.34. The van der Waals surface area contributed by atoms with Crippen LogP contribution in [0.2, 0.25) is 0 Å². The summed E-state index contributed by atoms with van der Waals surface area (Å²) in [6.45, 7) is 10.3. The molecular formula is C18H30N2. The first kappa shape index (κ1) is 15.5. The minimum atomic E-state index is 0.944. The zero-order valence-electron chi connectivity index (χ0n) is 13.2. The van der Waals surface area contributed by atoms with Crippen LogP contribution in [-0.2, 0) is 13.0 Å². The summed E-state index contributed by atoms with van der Waals surface area (Å²) in [4.78, 5) is 2.62. The van der Waals surface area contributed by atoms with E-state index in [1.165, 1.54) is 43.5 Å². The van der Waals surface area contributed by atoms with Gasteiger partial charge in [-0.05, 0) is 55.9 Å². The lowest BCUT2D eigenvalue weighted by molar-refractivity contribution is 0.313. The molecule has 0 bridgehead atoms. The van der Waals surface area contributed by atoms with Gasteiger partial charge in [0.25, 0.3) is 0 Å². The number of nitrogens with zero attached hydrogens (tertiary/aromatic N) is 1. The van der Waals surface area contributed by atoms with E-state index >= 15 is 0 Å². The molecule has 2 rings (SSSR count). The average molecular weight is 274 g/mol. The third kappa shape index (κ3) is 4.92. The van der Waals surface area contributed by atoms with Gasteiger partial charge in [-0.2, -0.15) is 0 Å². The fraction of sp³-hybridized carbons (Fsp3) is 0.667. The predicted molar refractivity (Wildman–Crippen MR) is 87.0 cm³/mol. The molecule has 1 fully saturated rings. The molecule has 0 spiro atoms. The zero-order valence-corrected chi connectivity index (χ0v) is 13.2. The van der Waals surface area contributed by atoms with Gasteiger partial charge < -0.3 is 5.32 Å². The van der Waals surface area contributed by atoms with Gasteiger partial charge in [-0.15, -0.1) is 0 Å². The highest BCUT2D eigenvalue weighted by molar-refractivity contribution is 5.22. The number of likely N-dealkylation sites (tertiary alicyclic amines) is 1. The van der Waals surface area contributed by atoms with Crippen LogP contribution in [0.3, 0.4) is 0 Å². The van der Waals surface area contributed by atoms with Crippen molar-refractivity contribution in [2.45, 2.75) is 46.1 Å². The fourth-order valence-electron chi connectivity index (χ4n) is 3.18. The predicted octanol–water partition coefficient (Wildman–Crippen LogP) is 3.46. The maximum atomic E-state index is 3.38. The lowest BCUT2D eigenvalue weighted by Crippen LogP contribution is -2.20. The first-order valence-corrected chi connectivity index (χ1v) is 8.32. The first-order chi connectivity index (χ1) is 9.81. The van der Waals surface area contributed by atoms with Crippen LogP contribution in [0.25, 0.3) is 0 Å². The molecule has 1 saturated heterocycles. The van der Waals surface area contributed by atoms with E-state index in [-0.39, 0.29) is 0 Å². The largest absolute Gasteiger partial charge is 0.317 e. The van der Waals surface area contributed by atoms with Gasteiger partial charge in [0.05, 0.1) is 0 Å². The van der Waals surface area contributed by atoms with E-state index in [0.29, 0.717) is 0 Å². The second kappa shape index (κ2) is 8.43. The molecule has 20 heavy (non-hydrogen) atoms. The van der Waals surface area contributed by atoms with Crippen LogP contribution in [0, 0.1) is 5.92 Å². The number of benzene rings is 1. The molecular weight excluding hydrogens is 244 g/mol. The van der Waals surface area contributed by atoms with E-state index in [1.54, 1.807) is 0 Å². The van der Waals surface area contributed by atoms with Crippen LogP contribution >= 0.6 is 0 Å². The average Bonchev–Trinajstić information content (AvgIpc) is 2.89. The summed E-state index contributed by atoms with van der Waals surface area (Å²) in [5.74, 6) is 0.944. The Kier molecular flexibility index (Phi) is 6.55. The molecule has 0 saturated carbocycles. The van der Waals surface area contributed by atoms with Crippen molar-refractivity contribution in [2.75, 3.05) is 26.2 Å². The fourth-order valence-corrected chi connectivity index (χ4v) is 3.18. The normalized spacial score (nSPS) is 19.6. The summed E-state index contributed by atoms with van der Waals surface area (Å²) in [5.41, 5.74) is 2.91. The SMILES string of the molecule is CCCC1CCN(Cc2ccc(CCNCC)cc2)C1. The van der Waals surface area contributed by atoms with Gasteiger partial charge in [0.1, 0.15) is 0 Å². The van der Waals surface area contributed by atoms with Gasteiger partial charge in [-0.1, -0.05) is 44.5 Å². The third-order valence-corrected chi connectivity index (χ3v) is 4.34. The minimum Gasteiger partial charge on any atom is -0.317 e. The summed E-state index contributed by atoms with van der Waals surface area (Å²) >= 11 is 0. The van der Waals surface area contributed by atoms with E-state index in [1.807, 2.05) is 0 Å². The van der Waals surface area contributed by atoms with Gasteiger partial charge in [-0.3, -0.25) is 4.90 Å². The Morgan fingerprint density at radius 2 is 1.90 bits per heavy atom. The molecule has 1 N–H and O–H groups in total. The molecule has 2 nitrogen and oxygen atoms in total. The molecule has 1 aromatic carbocycles. The molecule has 1 aliphatic rings. The Bertz CT molecular complexity index is 372. The molecule has 0 amide bonds. The number of likely N-dealkylation sites (N-methyl/N-ethyl adjacent to an activating group) is 1. The number of hydrogen-bond acceptors (Lipinski definition) is 2. The summed E-state index contributed by atoms with van der Waals surface area (Å²) in [6.07, 6.45) is 5.27. The summed E-state index contributed by atoms with van der Waals surface area (Å²) in [5, 5.41) is 3.38. The van der Waals surface area contributed by atoms with Gasteiger partial charge in [0.15, 0.2) is 0 Å². The molecule has 112 valence electrons. The highest BCUT2D eigenvalue weighted by Crippen LogP contribution is 2.22. The quantitative estimate of drug-likeness (QED) is 0.730. The van der Waals surface area contributed by atoms with Crippen molar-refractivity contribution in [3.05, 3.63) is 35.4 Å². The number of nitrogens with one attached hydrogen (secondary N) is 1. The molecule has 0 radical (unpaired) electrons. The highest BCUT2D eigenvalue weighted by atomic mass is 15.1. The smallest absolute Gasteiger partial charge is 0.0233 e. The van der Waals surface area contributed by atoms with Gasteiger partial charge in [0.2, 0.25) is 0 Å². The molecule has 1 heterocycles. The highest BCUT2D eigenvalue weighted by Gasteiger charge is 2.21. The molecule has 0 aromatic heterocycles. The monoisotopic (exact) mass is 274 g/mol. The van der Waals surface area contributed by atoms with Crippen LogP contribution in [-0.4, -0.2) is 31.1 Å². The standard InChI is InChI=1S/C18H30N2/c1-3-5-17-11-13-20(14-17)15-18-8-6-16(7-9-18)10-12-19-4-2/h6-9,17,19H,3-5,10-15H2,1-2H3. The Morgan fingerprint density at radius 1 is 1.15 bits per heavy atom. The first-order valence-electron chi connectivity index (χ1n) is 8.32.